The average Bonchev–Trinajstić information content (AvgIpc) is 3.16. The molecule has 0 aliphatic heterocycles. The minimum absolute atomic E-state index is 0.288. The van der Waals surface area contributed by atoms with Gasteiger partial charge >= 0.3 is 0 Å². The summed E-state index contributed by atoms with van der Waals surface area (Å²) in [5.74, 6) is 1.93. The Hall–Kier alpha value is -3.35. The van der Waals surface area contributed by atoms with E-state index in [9.17, 15) is 4.39 Å². The fourth-order valence-electron chi connectivity index (χ4n) is 2.96. The van der Waals surface area contributed by atoms with Gasteiger partial charge in [0.05, 0.1) is 19.3 Å². The van der Waals surface area contributed by atoms with Gasteiger partial charge in [0.1, 0.15) is 17.4 Å². The molecule has 0 atom stereocenters. The molecular weight excluding hydrogens is 369 g/mol. The van der Waals surface area contributed by atoms with Gasteiger partial charge in [-0.25, -0.2) is 14.4 Å². The lowest BCUT2D eigenvalue weighted by Crippen LogP contribution is -2.36. The maximum absolute atomic E-state index is 14.6. The Labute approximate surface area is 170 Å². The predicted octanol–water partition coefficient (Wildman–Crippen LogP) is 3.58. The van der Waals surface area contributed by atoms with E-state index in [1.165, 1.54) is 6.07 Å². The first-order valence-electron chi connectivity index (χ1n) is 9.54. The standard InChI is InChI=1S/C22H26FN5O/c1-4-24-22(26-14-17-6-5-7-19(12-17)29-3)27-15-18-8-9-21(20(23)13-18)28-11-10-25-16(28)2/h5-13H,4,14-15H2,1-3H3,(H2,24,26,27). The summed E-state index contributed by atoms with van der Waals surface area (Å²) in [5, 5.41) is 6.46. The zero-order valence-electron chi connectivity index (χ0n) is 16.9. The summed E-state index contributed by atoms with van der Waals surface area (Å²) in [5.41, 5.74) is 2.37. The van der Waals surface area contributed by atoms with E-state index in [2.05, 4.69) is 20.6 Å². The van der Waals surface area contributed by atoms with Crippen molar-refractivity contribution < 1.29 is 9.13 Å². The second-order valence-corrected chi connectivity index (χ2v) is 6.53. The van der Waals surface area contributed by atoms with E-state index < -0.39 is 0 Å². The zero-order chi connectivity index (χ0) is 20.6. The highest BCUT2D eigenvalue weighted by Gasteiger charge is 2.08. The van der Waals surface area contributed by atoms with Crippen LogP contribution in [0, 0.1) is 12.7 Å². The largest absolute Gasteiger partial charge is 0.497 e. The van der Waals surface area contributed by atoms with Crippen molar-refractivity contribution in [1.82, 2.24) is 20.2 Å². The van der Waals surface area contributed by atoms with Crippen LogP contribution in [-0.2, 0) is 13.1 Å². The van der Waals surface area contributed by atoms with E-state index >= 15 is 0 Å². The van der Waals surface area contributed by atoms with Crippen LogP contribution >= 0.6 is 0 Å². The molecule has 2 aromatic carbocycles. The first kappa shape index (κ1) is 20.4. The van der Waals surface area contributed by atoms with Gasteiger partial charge in [0, 0.05) is 25.5 Å². The van der Waals surface area contributed by atoms with Gasteiger partial charge in [-0.05, 0) is 49.2 Å². The van der Waals surface area contributed by atoms with E-state index in [0.29, 0.717) is 24.7 Å². The first-order chi connectivity index (χ1) is 14.1. The van der Waals surface area contributed by atoms with Crippen LogP contribution in [0.25, 0.3) is 5.69 Å². The van der Waals surface area contributed by atoms with Gasteiger partial charge in [0.15, 0.2) is 5.96 Å². The molecule has 0 spiro atoms. The third kappa shape index (κ3) is 5.34. The predicted molar refractivity (Wildman–Crippen MR) is 113 cm³/mol. The lowest BCUT2D eigenvalue weighted by atomic mass is 10.2. The van der Waals surface area contributed by atoms with Crippen molar-refractivity contribution in [2.24, 2.45) is 4.99 Å². The van der Waals surface area contributed by atoms with Gasteiger partial charge in [-0.1, -0.05) is 18.2 Å². The quantitative estimate of drug-likeness (QED) is 0.474. The number of ether oxygens (including phenoxy) is 1. The number of halogens is 1. The fraction of sp³-hybridized carbons (Fsp3) is 0.273. The second-order valence-electron chi connectivity index (χ2n) is 6.53. The van der Waals surface area contributed by atoms with Crippen LogP contribution in [-0.4, -0.2) is 29.2 Å². The molecular formula is C22H26FN5O. The Bertz CT molecular complexity index is 983. The summed E-state index contributed by atoms with van der Waals surface area (Å²) in [4.78, 5) is 8.74. The molecule has 0 fully saturated rings. The highest BCUT2D eigenvalue weighted by molar-refractivity contribution is 5.79. The first-order valence-corrected chi connectivity index (χ1v) is 9.54. The molecule has 0 aliphatic rings. The van der Waals surface area contributed by atoms with Gasteiger partial charge in [-0.15, -0.1) is 0 Å². The van der Waals surface area contributed by atoms with Crippen LogP contribution in [0.4, 0.5) is 4.39 Å². The molecule has 3 rings (SSSR count). The number of nitrogens with zero attached hydrogens (tertiary/aromatic N) is 3. The van der Waals surface area contributed by atoms with Crippen LogP contribution < -0.4 is 15.4 Å². The van der Waals surface area contributed by atoms with E-state index in [-0.39, 0.29) is 5.82 Å². The molecule has 0 saturated heterocycles. The van der Waals surface area contributed by atoms with Crippen molar-refractivity contribution in [3.63, 3.8) is 0 Å². The summed E-state index contributed by atoms with van der Waals surface area (Å²) < 4.78 is 21.5. The maximum atomic E-state index is 14.6. The molecule has 3 aromatic rings. The van der Waals surface area contributed by atoms with E-state index in [1.807, 2.05) is 44.2 Å². The summed E-state index contributed by atoms with van der Waals surface area (Å²) >= 11 is 0. The van der Waals surface area contributed by atoms with E-state index in [1.54, 1.807) is 30.1 Å². The Kier molecular flexibility index (Phi) is 6.84. The van der Waals surface area contributed by atoms with Crippen molar-refractivity contribution in [2.75, 3.05) is 13.7 Å². The maximum Gasteiger partial charge on any atom is 0.191 e. The Morgan fingerprint density at radius 3 is 2.72 bits per heavy atom. The van der Waals surface area contributed by atoms with Gasteiger partial charge in [-0.3, -0.25) is 0 Å². The molecule has 29 heavy (non-hydrogen) atoms. The molecule has 6 nitrogen and oxygen atoms in total. The van der Waals surface area contributed by atoms with Crippen molar-refractivity contribution in [3.05, 3.63) is 77.6 Å². The van der Waals surface area contributed by atoms with Gasteiger partial charge in [-0.2, -0.15) is 0 Å². The molecule has 152 valence electrons. The Balaban J connectivity index is 1.67. The van der Waals surface area contributed by atoms with Crippen molar-refractivity contribution in [3.8, 4) is 11.4 Å². The molecule has 0 saturated carbocycles. The minimum Gasteiger partial charge on any atom is -0.497 e. The lowest BCUT2D eigenvalue weighted by Gasteiger charge is -2.13. The monoisotopic (exact) mass is 395 g/mol. The third-order valence-electron chi connectivity index (χ3n) is 4.46. The summed E-state index contributed by atoms with van der Waals surface area (Å²) in [6.07, 6.45) is 3.41. The molecule has 1 heterocycles. The molecule has 0 amide bonds. The average molecular weight is 395 g/mol. The highest BCUT2D eigenvalue weighted by atomic mass is 19.1. The smallest absolute Gasteiger partial charge is 0.191 e. The molecule has 0 unspecified atom stereocenters. The number of rotatable bonds is 7. The van der Waals surface area contributed by atoms with Crippen LogP contribution in [0.5, 0.6) is 5.75 Å². The number of methoxy groups -OCH3 is 1. The molecule has 7 heteroatoms. The van der Waals surface area contributed by atoms with Crippen molar-refractivity contribution in [2.45, 2.75) is 26.9 Å². The summed E-state index contributed by atoms with van der Waals surface area (Å²) in [6, 6.07) is 13.0. The van der Waals surface area contributed by atoms with Gasteiger partial charge < -0.3 is 19.9 Å². The van der Waals surface area contributed by atoms with Crippen molar-refractivity contribution >= 4 is 5.96 Å². The van der Waals surface area contributed by atoms with Crippen molar-refractivity contribution in [1.29, 1.82) is 0 Å². The highest BCUT2D eigenvalue weighted by Crippen LogP contribution is 2.17. The number of aryl methyl sites for hydroxylation is 1. The molecule has 1 aromatic heterocycles. The fourth-order valence-corrected chi connectivity index (χ4v) is 2.96. The SMILES string of the molecule is CCNC(=NCc1cccc(OC)c1)NCc1ccc(-n2ccnc2C)c(F)c1. The van der Waals surface area contributed by atoms with Crippen LogP contribution in [0.3, 0.4) is 0 Å². The summed E-state index contributed by atoms with van der Waals surface area (Å²) in [6.45, 7) is 5.56. The van der Waals surface area contributed by atoms with Gasteiger partial charge in [0.25, 0.3) is 0 Å². The normalized spacial score (nSPS) is 11.4. The van der Waals surface area contributed by atoms with Gasteiger partial charge in [0.2, 0.25) is 0 Å². The number of aromatic nitrogens is 2. The molecule has 0 bridgehead atoms. The topological polar surface area (TPSA) is 63.5 Å². The van der Waals surface area contributed by atoms with Crippen LogP contribution in [0.15, 0.2) is 59.9 Å². The number of aliphatic imine (C=N–C) groups is 1. The number of guanidine groups is 1. The van der Waals surface area contributed by atoms with E-state index in [0.717, 1.165) is 29.2 Å². The van der Waals surface area contributed by atoms with E-state index in [4.69, 9.17) is 4.74 Å². The number of imidazole rings is 1. The zero-order valence-corrected chi connectivity index (χ0v) is 16.9. The van der Waals surface area contributed by atoms with Crippen LogP contribution in [0.1, 0.15) is 23.9 Å². The Morgan fingerprint density at radius 2 is 2.03 bits per heavy atom. The number of hydrogen-bond acceptors (Lipinski definition) is 3. The number of hydrogen-bond donors (Lipinski definition) is 2. The summed E-state index contributed by atoms with van der Waals surface area (Å²) in [7, 11) is 1.65. The second kappa shape index (κ2) is 9.73. The molecule has 2 N–H and O–H groups in total. The third-order valence-corrected chi connectivity index (χ3v) is 4.46. The minimum atomic E-state index is -0.288. The van der Waals surface area contributed by atoms with Crippen LogP contribution in [0.2, 0.25) is 0 Å². The Morgan fingerprint density at radius 1 is 1.17 bits per heavy atom. The lowest BCUT2D eigenvalue weighted by molar-refractivity contribution is 0.414. The molecule has 0 radical (unpaired) electrons. The number of nitrogens with one attached hydrogen (secondary N) is 2. The molecule has 0 aliphatic carbocycles. The number of benzene rings is 2.